The topological polar surface area (TPSA) is 61.6 Å². The van der Waals surface area contributed by atoms with E-state index >= 15 is 0 Å². The van der Waals surface area contributed by atoms with Crippen LogP contribution in [-0.2, 0) is 6.61 Å². The Bertz CT molecular complexity index is 881. The predicted molar refractivity (Wildman–Crippen MR) is 94.1 cm³/mol. The van der Waals surface area contributed by atoms with E-state index in [1.54, 1.807) is 18.2 Å². The Labute approximate surface area is 146 Å². The number of carbonyl (C=O) groups excluding carboxylic acids is 1. The van der Waals surface area contributed by atoms with E-state index in [4.69, 9.17) is 13.9 Å². The minimum Gasteiger partial charge on any atom is -0.493 e. The van der Waals surface area contributed by atoms with Gasteiger partial charge in [0.25, 0.3) is 0 Å². The SMILES string of the molecule is COc1cc(C=O)ccc1OCc1nc(-c2ccc(C)cc2)oc1C. The number of aryl methyl sites for hydroxylation is 2. The molecule has 2 aromatic carbocycles. The first-order valence-corrected chi connectivity index (χ1v) is 7.90. The second-order valence-corrected chi connectivity index (χ2v) is 5.70. The van der Waals surface area contributed by atoms with Crippen LogP contribution in [0.4, 0.5) is 0 Å². The van der Waals surface area contributed by atoms with Gasteiger partial charge in [-0.2, -0.15) is 0 Å². The maximum absolute atomic E-state index is 10.8. The second kappa shape index (κ2) is 7.21. The van der Waals surface area contributed by atoms with Gasteiger partial charge in [-0.25, -0.2) is 4.98 Å². The fourth-order valence-electron chi connectivity index (χ4n) is 2.40. The number of ether oxygens (including phenoxy) is 2. The summed E-state index contributed by atoms with van der Waals surface area (Å²) in [6.07, 6.45) is 0.766. The van der Waals surface area contributed by atoms with Crippen LogP contribution in [0.5, 0.6) is 11.5 Å². The van der Waals surface area contributed by atoms with Crippen LogP contribution in [0.1, 0.15) is 27.4 Å². The molecule has 0 saturated heterocycles. The van der Waals surface area contributed by atoms with Crippen molar-refractivity contribution in [2.45, 2.75) is 20.5 Å². The van der Waals surface area contributed by atoms with Crippen LogP contribution in [-0.4, -0.2) is 18.4 Å². The molecule has 0 bridgehead atoms. The number of methoxy groups -OCH3 is 1. The van der Waals surface area contributed by atoms with Gasteiger partial charge in [0.2, 0.25) is 5.89 Å². The Balaban J connectivity index is 1.78. The van der Waals surface area contributed by atoms with Gasteiger partial charge in [-0.05, 0) is 44.2 Å². The fraction of sp³-hybridized carbons (Fsp3) is 0.200. The highest BCUT2D eigenvalue weighted by Crippen LogP contribution is 2.29. The third kappa shape index (κ3) is 3.71. The summed E-state index contributed by atoms with van der Waals surface area (Å²) in [5.41, 5.74) is 3.36. The van der Waals surface area contributed by atoms with Gasteiger partial charge in [-0.1, -0.05) is 17.7 Å². The molecule has 128 valence electrons. The van der Waals surface area contributed by atoms with Gasteiger partial charge in [0, 0.05) is 11.1 Å². The summed E-state index contributed by atoms with van der Waals surface area (Å²) in [6, 6.07) is 13.0. The fourth-order valence-corrected chi connectivity index (χ4v) is 2.40. The Morgan fingerprint density at radius 2 is 1.84 bits per heavy atom. The molecule has 0 saturated carbocycles. The molecule has 0 aliphatic heterocycles. The van der Waals surface area contributed by atoms with Gasteiger partial charge in [-0.15, -0.1) is 0 Å². The lowest BCUT2D eigenvalue weighted by Gasteiger charge is -2.10. The third-order valence-corrected chi connectivity index (χ3v) is 3.88. The van der Waals surface area contributed by atoms with Crippen molar-refractivity contribution in [1.82, 2.24) is 4.98 Å². The zero-order valence-electron chi connectivity index (χ0n) is 14.4. The largest absolute Gasteiger partial charge is 0.493 e. The molecular weight excluding hydrogens is 318 g/mol. The Hall–Kier alpha value is -3.08. The number of oxazole rings is 1. The van der Waals surface area contributed by atoms with Crippen LogP contribution in [0.3, 0.4) is 0 Å². The summed E-state index contributed by atoms with van der Waals surface area (Å²) in [6.45, 7) is 4.14. The first kappa shape index (κ1) is 16.8. The summed E-state index contributed by atoms with van der Waals surface area (Å²) >= 11 is 0. The average Bonchev–Trinajstić information content (AvgIpc) is 3.01. The summed E-state index contributed by atoms with van der Waals surface area (Å²) < 4.78 is 16.8. The van der Waals surface area contributed by atoms with E-state index in [-0.39, 0.29) is 6.61 Å². The lowest BCUT2D eigenvalue weighted by Crippen LogP contribution is -2.00. The van der Waals surface area contributed by atoms with Gasteiger partial charge in [0.05, 0.1) is 7.11 Å². The number of nitrogens with zero attached hydrogens (tertiary/aromatic N) is 1. The normalized spacial score (nSPS) is 10.5. The zero-order valence-corrected chi connectivity index (χ0v) is 14.4. The van der Waals surface area contributed by atoms with E-state index in [0.717, 1.165) is 17.5 Å². The van der Waals surface area contributed by atoms with Crippen molar-refractivity contribution < 1.29 is 18.7 Å². The van der Waals surface area contributed by atoms with E-state index < -0.39 is 0 Å². The molecule has 0 spiro atoms. The van der Waals surface area contributed by atoms with Crippen LogP contribution in [0, 0.1) is 13.8 Å². The smallest absolute Gasteiger partial charge is 0.226 e. The van der Waals surface area contributed by atoms with E-state index in [0.29, 0.717) is 28.7 Å². The van der Waals surface area contributed by atoms with Crippen molar-refractivity contribution in [2.24, 2.45) is 0 Å². The summed E-state index contributed by atoms with van der Waals surface area (Å²) in [5.74, 6) is 2.33. The lowest BCUT2D eigenvalue weighted by molar-refractivity contribution is 0.112. The summed E-state index contributed by atoms with van der Waals surface area (Å²) in [5, 5.41) is 0. The molecule has 3 rings (SSSR count). The standard InChI is InChI=1S/C20H19NO4/c1-13-4-7-16(8-5-13)20-21-17(14(2)25-20)12-24-18-9-6-15(11-22)10-19(18)23-3/h4-11H,12H2,1-3H3. The monoisotopic (exact) mass is 337 g/mol. The highest BCUT2D eigenvalue weighted by Gasteiger charge is 2.13. The van der Waals surface area contributed by atoms with Crippen LogP contribution < -0.4 is 9.47 Å². The zero-order chi connectivity index (χ0) is 17.8. The van der Waals surface area contributed by atoms with E-state index in [2.05, 4.69) is 4.98 Å². The molecule has 1 aromatic heterocycles. The Kier molecular flexibility index (Phi) is 4.84. The number of carbonyl (C=O) groups is 1. The van der Waals surface area contributed by atoms with Gasteiger partial charge in [0.1, 0.15) is 24.3 Å². The quantitative estimate of drug-likeness (QED) is 0.626. The van der Waals surface area contributed by atoms with Crippen LogP contribution in [0.15, 0.2) is 46.9 Å². The molecule has 1 heterocycles. The van der Waals surface area contributed by atoms with Gasteiger partial charge in [-0.3, -0.25) is 4.79 Å². The van der Waals surface area contributed by atoms with Crippen molar-refractivity contribution >= 4 is 6.29 Å². The summed E-state index contributed by atoms with van der Waals surface area (Å²) in [4.78, 5) is 15.4. The number of hydrogen-bond acceptors (Lipinski definition) is 5. The maximum atomic E-state index is 10.8. The maximum Gasteiger partial charge on any atom is 0.226 e. The molecule has 5 heteroatoms. The third-order valence-electron chi connectivity index (χ3n) is 3.88. The van der Waals surface area contributed by atoms with Crippen molar-refractivity contribution in [3.05, 3.63) is 65.0 Å². The molecule has 0 N–H and O–H groups in total. The minimum absolute atomic E-state index is 0.248. The molecule has 0 fully saturated rings. The first-order chi connectivity index (χ1) is 12.1. The van der Waals surface area contributed by atoms with E-state index in [1.807, 2.05) is 38.1 Å². The van der Waals surface area contributed by atoms with Crippen molar-refractivity contribution in [2.75, 3.05) is 7.11 Å². The van der Waals surface area contributed by atoms with E-state index in [1.165, 1.54) is 12.7 Å². The highest BCUT2D eigenvalue weighted by molar-refractivity contribution is 5.76. The Morgan fingerprint density at radius 1 is 1.08 bits per heavy atom. The molecule has 0 aliphatic carbocycles. The van der Waals surface area contributed by atoms with Gasteiger partial charge >= 0.3 is 0 Å². The molecule has 0 radical (unpaired) electrons. The van der Waals surface area contributed by atoms with Crippen LogP contribution in [0.2, 0.25) is 0 Å². The molecule has 3 aromatic rings. The van der Waals surface area contributed by atoms with Gasteiger partial charge < -0.3 is 13.9 Å². The highest BCUT2D eigenvalue weighted by atomic mass is 16.5. The number of benzene rings is 2. The summed E-state index contributed by atoms with van der Waals surface area (Å²) in [7, 11) is 1.54. The average molecular weight is 337 g/mol. The molecule has 5 nitrogen and oxygen atoms in total. The van der Waals surface area contributed by atoms with Crippen molar-refractivity contribution in [1.29, 1.82) is 0 Å². The number of aromatic nitrogens is 1. The lowest BCUT2D eigenvalue weighted by atomic mass is 10.1. The van der Waals surface area contributed by atoms with E-state index in [9.17, 15) is 4.79 Å². The molecule has 0 aliphatic rings. The minimum atomic E-state index is 0.248. The molecule has 25 heavy (non-hydrogen) atoms. The van der Waals surface area contributed by atoms with Crippen LogP contribution in [0.25, 0.3) is 11.5 Å². The number of aldehydes is 1. The first-order valence-electron chi connectivity index (χ1n) is 7.90. The van der Waals surface area contributed by atoms with Crippen molar-refractivity contribution in [3.63, 3.8) is 0 Å². The number of rotatable bonds is 6. The predicted octanol–water partition coefficient (Wildman–Crippen LogP) is 4.36. The molecular formula is C20H19NO4. The van der Waals surface area contributed by atoms with Gasteiger partial charge in [0.15, 0.2) is 11.5 Å². The second-order valence-electron chi connectivity index (χ2n) is 5.70. The van der Waals surface area contributed by atoms with Crippen molar-refractivity contribution in [3.8, 4) is 23.0 Å². The Morgan fingerprint density at radius 3 is 2.52 bits per heavy atom. The van der Waals surface area contributed by atoms with Crippen LogP contribution >= 0.6 is 0 Å². The molecule has 0 unspecified atom stereocenters. The molecule has 0 atom stereocenters. The number of hydrogen-bond donors (Lipinski definition) is 0. The molecule has 0 amide bonds.